The molecule has 3 rings (SSSR count). The summed E-state index contributed by atoms with van der Waals surface area (Å²) in [6.45, 7) is 9.04. The number of aliphatic hydroxyl groups is 1. The SMILES string of the molecule is CCOc1ccc(/C(O)=C2\C(=O)C(=O)N(CCN(CC)CC)[C@@H]2c2cccc(OC)c2OC)cc1. The first-order chi connectivity index (χ1) is 16.9. The Labute approximate surface area is 206 Å². The largest absolute Gasteiger partial charge is 0.507 e. The summed E-state index contributed by atoms with van der Waals surface area (Å²) in [5.41, 5.74) is 1.01. The van der Waals surface area contributed by atoms with Crippen LogP contribution in [-0.4, -0.2) is 73.6 Å². The van der Waals surface area contributed by atoms with E-state index in [1.54, 1.807) is 42.5 Å². The van der Waals surface area contributed by atoms with Crippen LogP contribution >= 0.6 is 0 Å². The highest BCUT2D eigenvalue weighted by Gasteiger charge is 2.47. The number of para-hydroxylation sites is 1. The standard InChI is InChI=1S/C27H34N2O6/c1-6-28(7-2)16-17-29-23(20-10-9-11-21(33-4)26(20)34-5)22(25(31)27(29)32)24(30)18-12-14-19(15-13-18)35-8-3/h9-15,23,30H,6-8,16-17H2,1-5H3/b24-22+/t23-/m1/s1. The molecule has 0 spiro atoms. The van der Waals surface area contributed by atoms with Gasteiger partial charge in [-0.2, -0.15) is 0 Å². The van der Waals surface area contributed by atoms with Crippen LogP contribution in [0.1, 0.15) is 37.9 Å². The Morgan fingerprint density at radius 1 is 1.00 bits per heavy atom. The minimum absolute atomic E-state index is 0.0188. The van der Waals surface area contributed by atoms with Gasteiger partial charge >= 0.3 is 0 Å². The Kier molecular flexibility index (Phi) is 8.76. The molecule has 2 aromatic rings. The van der Waals surface area contributed by atoms with Crippen LogP contribution in [0.25, 0.3) is 5.76 Å². The Balaban J connectivity index is 2.16. The van der Waals surface area contributed by atoms with Crippen LogP contribution in [0.5, 0.6) is 17.2 Å². The van der Waals surface area contributed by atoms with E-state index in [2.05, 4.69) is 4.90 Å². The van der Waals surface area contributed by atoms with Crippen molar-refractivity contribution < 1.29 is 28.9 Å². The predicted octanol–water partition coefficient (Wildman–Crippen LogP) is 3.87. The van der Waals surface area contributed by atoms with Crippen molar-refractivity contribution in [3.05, 3.63) is 59.2 Å². The second kappa shape index (κ2) is 11.8. The number of aliphatic hydroxyl groups excluding tert-OH is 1. The Morgan fingerprint density at radius 3 is 2.26 bits per heavy atom. The summed E-state index contributed by atoms with van der Waals surface area (Å²) in [7, 11) is 3.04. The fourth-order valence-electron chi connectivity index (χ4n) is 4.38. The topological polar surface area (TPSA) is 88.5 Å². The van der Waals surface area contributed by atoms with Crippen molar-refractivity contribution >= 4 is 17.4 Å². The molecule has 0 unspecified atom stereocenters. The van der Waals surface area contributed by atoms with Crippen LogP contribution in [0, 0.1) is 0 Å². The van der Waals surface area contributed by atoms with E-state index >= 15 is 0 Å². The van der Waals surface area contributed by atoms with Gasteiger partial charge in [0.05, 0.1) is 32.4 Å². The van der Waals surface area contributed by atoms with E-state index in [-0.39, 0.29) is 11.3 Å². The molecule has 8 heteroatoms. The molecule has 0 bridgehead atoms. The number of Topliss-reactive ketones (excluding diaryl/α,β-unsaturated/α-hetero) is 1. The molecule has 1 saturated heterocycles. The summed E-state index contributed by atoms with van der Waals surface area (Å²) in [5, 5.41) is 11.3. The molecule has 1 atom stereocenters. The molecule has 0 radical (unpaired) electrons. The first kappa shape index (κ1) is 26.1. The van der Waals surface area contributed by atoms with Gasteiger partial charge in [0, 0.05) is 24.2 Å². The van der Waals surface area contributed by atoms with Crippen LogP contribution in [0.15, 0.2) is 48.0 Å². The van der Waals surface area contributed by atoms with Crippen molar-refractivity contribution in [1.82, 2.24) is 9.80 Å². The molecular weight excluding hydrogens is 448 g/mol. The molecule has 1 N–H and O–H groups in total. The number of nitrogens with zero attached hydrogens (tertiary/aromatic N) is 2. The molecule has 1 heterocycles. The average molecular weight is 483 g/mol. The molecule has 0 aliphatic carbocycles. The fraction of sp³-hybridized carbons (Fsp3) is 0.407. The van der Waals surface area contributed by atoms with E-state index in [9.17, 15) is 14.7 Å². The number of hydrogen-bond acceptors (Lipinski definition) is 7. The molecular formula is C27H34N2O6. The highest BCUT2D eigenvalue weighted by atomic mass is 16.5. The van der Waals surface area contributed by atoms with Crippen LogP contribution < -0.4 is 14.2 Å². The zero-order chi connectivity index (χ0) is 25.5. The maximum atomic E-state index is 13.3. The lowest BCUT2D eigenvalue weighted by atomic mass is 9.94. The van der Waals surface area contributed by atoms with Gasteiger partial charge in [0.25, 0.3) is 11.7 Å². The third-order valence-electron chi connectivity index (χ3n) is 6.26. The lowest BCUT2D eigenvalue weighted by Gasteiger charge is -2.29. The Hall–Kier alpha value is -3.52. The Bertz CT molecular complexity index is 1080. The maximum absolute atomic E-state index is 13.3. The van der Waals surface area contributed by atoms with Crippen molar-refractivity contribution in [3.63, 3.8) is 0 Å². The van der Waals surface area contributed by atoms with Crippen molar-refractivity contribution in [2.45, 2.75) is 26.8 Å². The van der Waals surface area contributed by atoms with Gasteiger partial charge in [-0.25, -0.2) is 0 Å². The highest BCUT2D eigenvalue weighted by Crippen LogP contribution is 2.45. The van der Waals surface area contributed by atoms with E-state index in [0.717, 1.165) is 13.1 Å². The number of hydrogen-bond donors (Lipinski definition) is 1. The molecule has 1 amide bonds. The third-order valence-corrected chi connectivity index (χ3v) is 6.26. The summed E-state index contributed by atoms with van der Waals surface area (Å²) in [4.78, 5) is 30.2. The quantitative estimate of drug-likeness (QED) is 0.296. The van der Waals surface area contributed by atoms with Crippen molar-refractivity contribution in [1.29, 1.82) is 0 Å². The van der Waals surface area contributed by atoms with Gasteiger partial charge in [-0.15, -0.1) is 0 Å². The Morgan fingerprint density at radius 2 is 1.69 bits per heavy atom. The van der Waals surface area contributed by atoms with Crippen LogP contribution in [0.2, 0.25) is 0 Å². The fourth-order valence-corrected chi connectivity index (χ4v) is 4.38. The maximum Gasteiger partial charge on any atom is 0.295 e. The van der Waals surface area contributed by atoms with Gasteiger partial charge in [-0.05, 0) is 50.3 Å². The summed E-state index contributed by atoms with van der Waals surface area (Å²) in [5.74, 6) is -0.0978. The number of carbonyl (C=O) groups excluding carboxylic acids is 2. The molecule has 1 fully saturated rings. The van der Waals surface area contributed by atoms with Crippen molar-refractivity contribution in [3.8, 4) is 17.2 Å². The smallest absolute Gasteiger partial charge is 0.295 e. The second-order valence-corrected chi connectivity index (χ2v) is 8.06. The zero-order valence-corrected chi connectivity index (χ0v) is 21.0. The van der Waals surface area contributed by atoms with E-state index in [4.69, 9.17) is 14.2 Å². The second-order valence-electron chi connectivity index (χ2n) is 8.06. The van der Waals surface area contributed by atoms with Crippen LogP contribution in [-0.2, 0) is 9.59 Å². The first-order valence-electron chi connectivity index (χ1n) is 11.9. The lowest BCUT2D eigenvalue weighted by molar-refractivity contribution is -0.140. The zero-order valence-electron chi connectivity index (χ0n) is 21.0. The highest BCUT2D eigenvalue weighted by molar-refractivity contribution is 6.46. The third kappa shape index (κ3) is 5.27. The molecule has 188 valence electrons. The monoisotopic (exact) mass is 482 g/mol. The number of methoxy groups -OCH3 is 2. The molecule has 35 heavy (non-hydrogen) atoms. The van der Waals surface area contributed by atoms with Crippen molar-refractivity contribution in [2.24, 2.45) is 0 Å². The number of benzene rings is 2. The van der Waals surface area contributed by atoms with Gasteiger partial charge in [0.2, 0.25) is 0 Å². The number of ketones is 1. The predicted molar refractivity (Wildman–Crippen MR) is 134 cm³/mol. The molecule has 2 aromatic carbocycles. The van der Waals surface area contributed by atoms with Gasteiger partial charge in [-0.3, -0.25) is 9.59 Å². The number of likely N-dealkylation sites (N-methyl/N-ethyl adjacent to an activating group) is 1. The number of rotatable bonds is 11. The molecule has 8 nitrogen and oxygen atoms in total. The van der Waals surface area contributed by atoms with Gasteiger partial charge in [0.1, 0.15) is 11.5 Å². The number of carbonyl (C=O) groups is 2. The number of likely N-dealkylation sites (tertiary alicyclic amines) is 1. The summed E-state index contributed by atoms with van der Waals surface area (Å²) < 4.78 is 16.6. The molecule has 1 aliphatic heterocycles. The van der Waals surface area contributed by atoms with Crippen LogP contribution in [0.3, 0.4) is 0 Å². The minimum Gasteiger partial charge on any atom is -0.507 e. The van der Waals surface area contributed by atoms with E-state index in [1.807, 2.05) is 20.8 Å². The van der Waals surface area contributed by atoms with Gasteiger partial charge < -0.3 is 29.1 Å². The van der Waals surface area contributed by atoms with E-state index in [0.29, 0.717) is 48.1 Å². The van der Waals surface area contributed by atoms with E-state index < -0.39 is 17.7 Å². The summed E-state index contributed by atoms with van der Waals surface area (Å²) >= 11 is 0. The van der Waals surface area contributed by atoms with Crippen molar-refractivity contribution in [2.75, 3.05) is 47.0 Å². The average Bonchev–Trinajstić information content (AvgIpc) is 3.13. The van der Waals surface area contributed by atoms with Gasteiger partial charge in [-0.1, -0.05) is 26.0 Å². The summed E-state index contributed by atoms with van der Waals surface area (Å²) in [6.07, 6.45) is 0. The normalized spacial score (nSPS) is 17.2. The van der Waals surface area contributed by atoms with Crippen LogP contribution in [0.4, 0.5) is 0 Å². The van der Waals surface area contributed by atoms with Gasteiger partial charge in [0.15, 0.2) is 11.5 Å². The molecule has 0 aromatic heterocycles. The number of amides is 1. The number of ether oxygens (including phenoxy) is 3. The first-order valence-corrected chi connectivity index (χ1v) is 11.9. The van der Waals surface area contributed by atoms with E-state index in [1.165, 1.54) is 19.1 Å². The lowest BCUT2D eigenvalue weighted by Crippen LogP contribution is -2.38. The summed E-state index contributed by atoms with van der Waals surface area (Å²) in [6, 6.07) is 11.3. The molecule has 1 aliphatic rings. The minimum atomic E-state index is -0.831. The molecule has 0 saturated carbocycles.